The van der Waals surface area contributed by atoms with Gasteiger partial charge in [-0.1, -0.05) is 24.4 Å². The van der Waals surface area contributed by atoms with Crippen LogP contribution in [0.4, 0.5) is 4.39 Å². The van der Waals surface area contributed by atoms with Gasteiger partial charge in [0.05, 0.1) is 10.3 Å². The highest BCUT2D eigenvalue weighted by Crippen LogP contribution is 2.28. The SMILES string of the molecule is C[C@H](Sc1ccc(F)c(Cl)c1)C(=O)NC1CCCC1. The first-order chi connectivity index (χ1) is 9.06. The van der Waals surface area contributed by atoms with Gasteiger partial charge in [0, 0.05) is 10.9 Å². The Hall–Kier alpha value is -0.740. The van der Waals surface area contributed by atoms with Crippen LogP contribution in [0.25, 0.3) is 0 Å². The third-order valence-electron chi connectivity index (χ3n) is 3.27. The van der Waals surface area contributed by atoms with E-state index in [0.717, 1.165) is 17.7 Å². The Kier molecular flexibility index (Phi) is 5.11. The first kappa shape index (κ1) is 14.7. The molecule has 2 nitrogen and oxygen atoms in total. The summed E-state index contributed by atoms with van der Waals surface area (Å²) in [7, 11) is 0. The average molecular weight is 302 g/mol. The van der Waals surface area contributed by atoms with Crippen LogP contribution in [-0.4, -0.2) is 17.2 Å². The lowest BCUT2D eigenvalue weighted by Crippen LogP contribution is -2.37. The number of carbonyl (C=O) groups is 1. The predicted molar refractivity (Wildman–Crippen MR) is 77.1 cm³/mol. The Balaban J connectivity index is 1.90. The zero-order valence-electron chi connectivity index (χ0n) is 10.8. The van der Waals surface area contributed by atoms with E-state index in [1.54, 1.807) is 12.1 Å². The predicted octanol–water partition coefficient (Wildman–Crippen LogP) is 4.02. The smallest absolute Gasteiger partial charge is 0.233 e. The highest BCUT2D eigenvalue weighted by atomic mass is 35.5. The normalized spacial score (nSPS) is 17.4. The molecule has 2 rings (SSSR count). The molecule has 0 aromatic heterocycles. The molecule has 0 radical (unpaired) electrons. The van der Waals surface area contributed by atoms with Crippen LogP contribution in [0.2, 0.25) is 5.02 Å². The van der Waals surface area contributed by atoms with Crippen molar-refractivity contribution in [2.75, 3.05) is 0 Å². The van der Waals surface area contributed by atoms with Crippen molar-refractivity contribution in [3.05, 3.63) is 29.0 Å². The van der Waals surface area contributed by atoms with Crippen molar-refractivity contribution in [1.82, 2.24) is 5.32 Å². The third kappa shape index (κ3) is 4.11. The van der Waals surface area contributed by atoms with E-state index in [2.05, 4.69) is 5.32 Å². The fourth-order valence-corrected chi connectivity index (χ4v) is 3.36. The minimum absolute atomic E-state index is 0.0392. The van der Waals surface area contributed by atoms with Crippen LogP contribution in [0.5, 0.6) is 0 Å². The minimum Gasteiger partial charge on any atom is -0.352 e. The summed E-state index contributed by atoms with van der Waals surface area (Å²) in [5.41, 5.74) is 0. The van der Waals surface area contributed by atoms with Crippen molar-refractivity contribution in [1.29, 1.82) is 0 Å². The van der Waals surface area contributed by atoms with E-state index in [1.165, 1.54) is 30.7 Å². The van der Waals surface area contributed by atoms with Gasteiger partial charge >= 0.3 is 0 Å². The summed E-state index contributed by atoms with van der Waals surface area (Å²) in [4.78, 5) is 12.8. The molecular weight excluding hydrogens is 285 g/mol. The van der Waals surface area contributed by atoms with Gasteiger partial charge in [-0.05, 0) is 38.0 Å². The van der Waals surface area contributed by atoms with Crippen molar-refractivity contribution in [3.63, 3.8) is 0 Å². The molecule has 1 atom stereocenters. The number of carbonyl (C=O) groups excluding carboxylic acids is 1. The van der Waals surface area contributed by atoms with Crippen molar-refractivity contribution >= 4 is 29.3 Å². The molecular formula is C14H17ClFNOS. The lowest BCUT2D eigenvalue weighted by molar-refractivity contribution is -0.120. The molecule has 0 saturated heterocycles. The largest absolute Gasteiger partial charge is 0.352 e. The van der Waals surface area contributed by atoms with Crippen molar-refractivity contribution < 1.29 is 9.18 Å². The Morgan fingerprint density at radius 2 is 2.16 bits per heavy atom. The van der Waals surface area contributed by atoms with E-state index < -0.39 is 5.82 Å². The standard InChI is InChI=1S/C14H17ClFNOS/c1-9(14(18)17-10-4-2-3-5-10)19-11-6-7-13(16)12(15)8-11/h6-10H,2-5H2,1H3,(H,17,18)/t9-/m0/s1. The molecule has 0 spiro atoms. The molecule has 19 heavy (non-hydrogen) atoms. The van der Waals surface area contributed by atoms with Crippen LogP contribution in [-0.2, 0) is 4.79 Å². The molecule has 0 aliphatic heterocycles. The van der Waals surface area contributed by atoms with Gasteiger partial charge in [0.15, 0.2) is 0 Å². The summed E-state index contributed by atoms with van der Waals surface area (Å²) >= 11 is 7.12. The molecule has 1 aliphatic carbocycles. The summed E-state index contributed by atoms with van der Waals surface area (Å²) < 4.78 is 13.0. The Morgan fingerprint density at radius 3 is 2.79 bits per heavy atom. The quantitative estimate of drug-likeness (QED) is 0.851. The number of benzene rings is 1. The van der Waals surface area contributed by atoms with Crippen molar-refractivity contribution in [2.45, 2.75) is 48.8 Å². The molecule has 0 bridgehead atoms. The van der Waals surface area contributed by atoms with Gasteiger partial charge in [-0.15, -0.1) is 11.8 Å². The maximum Gasteiger partial charge on any atom is 0.233 e. The maximum absolute atomic E-state index is 13.0. The molecule has 1 aromatic carbocycles. The summed E-state index contributed by atoms with van der Waals surface area (Å²) in [6, 6.07) is 4.85. The van der Waals surface area contributed by atoms with Crippen molar-refractivity contribution in [3.8, 4) is 0 Å². The van der Waals surface area contributed by atoms with Crippen LogP contribution in [0.15, 0.2) is 23.1 Å². The van der Waals surface area contributed by atoms with Crippen LogP contribution in [0.3, 0.4) is 0 Å². The van der Waals surface area contributed by atoms with Gasteiger partial charge in [0.1, 0.15) is 5.82 Å². The number of rotatable bonds is 4. The minimum atomic E-state index is -0.436. The van der Waals surface area contributed by atoms with Gasteiger partial charge < -0.3 is 5.32 Å². The molecule has 0 heterocycles. The van der Waals surface area contributed by atoms with Crippen molar-refractivity contribution in [2.24, 2.45) is 0 Å². The van der Waals surface area contributed by atoms with Gasteiger partial charge in [-0.2, -0.15) is 0 Å². The number of amides is 1. The Morgan fingerprint density at radius 1 is 1.47 bits per heavy atom. The second-order valence-electron chi connectivity index (χ2n) is 4.83. The number of thioether (sulfide) groups is 1. The van der Waals surface area contributed by atoms with E-state index in [1.807, 2.05) is 6.92 Å². The van der Waals surface area contributed by atoms with Gasteiger partial charge in [-0.3, -0.25) is 4.79 Å². The third-order valence-corrected chi connectivity index (χ3v) is 4.66. The van der Waals surface area contributed by atoms with E-state index >= 15 is 0 Å². The first-order valence-corrected chi connectivity index (χ1v) is 7.74. The maximum atomic E-state index is 13.0. The van der Waals surface area contributed by atoms with E-state index in [0.29, 0.717) is 6.04 Å². The molecule has 1 fully saturated rings. The lowest BCUT2D eigenvalue weighted by Gasteiger charge is -2.16. The number of nitrogens with one attached hydrogen (secondary N) is 1. The summed E-state index contributed by atoms with van der Waals surface area (Å²) in [6.45, 7) is 1.85. The zero-order chi connectivity index (χ0) is 13.8. The Bertz CT molecular complexity index is 463. The Labute approximate surface area is 122 Å². The lowest BCUT2D eigenvalue weighted by atomic mass is 10.2. The fourth-order valence-electron chi connectivity index (χ4n) is 2.20. The first-order valence-electron chi connectivity index (χ1n) is 6.48. The molecule has 1 N–H and O–H groups in total. The molecule has 5 heteroatoms. The van der Waals surface area contributed by atoms with E-state index in [9.17, 15) is 9.18 Å². The molecule has 0 unspecified atom stereocenters. The van der Waals surface area contributed by atoms with E-state index in [4.69, 9.17) is 11.6 Å². The molecule has 1 amide bonds. The molecule has 1 saturated carbocycles. The van der Waals surface area contributed by atoms with E-state index in [-0.39, 0.29) is 16.2 Å². The van der Waals surface area contributed by atoms with Gasteiger partial charge in [-0.25, -0.2) is 4.39 Å². The van der Waals surface area contributed by atoms with Crippen LogP contribution in [0.1, 0.15) is 32.6 Å². The second kappa shape index (κ2) is 6.62. The fraction of sp³-hybridized carbons (Fsp3) is 0.500. The van der Waals surface area contributed by atoms with Gasteiger partial charge in [0.2, 0.25) is 5.91 Å². The monoisotopic (exact) mass is 301 g/mol. The number of hydrogen-bond donors (Lipinski definition) is 1. The number of hydrogen-bond acceptors (Lipinski definition) is 2. The van der Waals surface area contributed by atoms with Crippen LogP contribution >= 0.6 is 23.4 Å². The topological polar surface area (TPSA) is 29.1 Å². The summed E-state index contributed by atoms with van der Waals surface area (Å²) in [5.74, 6) is -0.397. The number of halogens is 2. The summed E-state index contributed by atoms with van der Waals surface area (Å²) in [5, 5.41) is 2.94. The summed E-state index contributed by atoms with van der Waals surface area (Å²) in [6.07, 6.45) is 4.54. The highest BCUT2D eigenvalue weighted by molar-refractivity contribution is 8.00. The van der Waals surface area contributed by atoms with Gasteiger partial charge in [0.25, 0.3) is 0 Å². The highest BCUT2D eigenvalue weighted by Gasteiger charge is 2.21. The second-order valence-corrected chi connectivity index (χ2v) is 6.65. The van der Waals surface area contributed by atoms with Crippen LogP contribution in [0, 0.1) is 5.82 Å². The molecule has 104 valence electrons. The molecule has 1 aliphatic rings. The molecule has 1 aromatic rings. The van der Waals surface area contributed by atoms with Crippen LogP contribution < -0.4 is 5.32 Å². The average Bonchev–Trinajstić information content (AvgIpc) is 2.86. The zero-order valence-corrected chi connectivity index (χ0v) is 12.4.